The van der Waals surface area contributed by atoms with Crippen LogP contribution in [0.25, 0.3) is 0 Å². The maximum atomic E-state index is 14.0. The van der Waals surface area contributed by atoms with Crippen LogP contribution >= 0.6 is 34.8 Å². The lowest BCUT2D eigenvalue weighted by Crippen LogP contribution is -2.51. The Balaban J connectivity index is 2.06. The average molecular weight is 625 g/mol. The minimum atomic E-state index is -4.20. The number of carbonyl (C=O) groups excluding carboxylic acids is 2. The molecular weight excluding hydrogens is 593 g/mol. The molecule has 1 atom stereocenters. The summed E-state index contributed by atoms with van der Waals surface area (Å²) in [4.78, 5) is 28.4. The molecule has 0 saturated heterocycles. The van der Waals surface area contributed by atoms with Gasteiger partial charge in [-0.3, -0.25) is 13.9 Å². The summed E-state index contributed by atoms with van der Waals surface area (Å²) in [5.41, 5.74) is 1.43. The van der Waals surface area contributed by atoms with Gasteiger partial charge in [-0.05, 0) is 67.8 Å². The number of amides is 2. The lowest BCUT2D eigenvalue weighted by atomic mass is 10.1. The van der Waals surface area contributed by atoms with Gasteiger partial charge < -0.3 is 10.2 Å². The molecule has 0 unspecified atom stereocenters. The Morgan fingerprint density at radius 2 is 1.48 bits per heavy atom. The highest BCUT2D eigenvalue weighted by molar-refractivity contribution is 7.92. The van der Waals surface area contributed by atoms with Crippen LogP contribution in [0.4, 0.5) is 5.69 Å². The molecule has 0 aliphatic rings. The molecule has 7 nitrogen and oxygen atoms in total. The molecule has 3 rings (SSSR count). The molecule has 0 bridgehead atoms. The Bertz CT molecular complexity index is 1440. The first kappa shape index (κ1) is 31.7. The van der Waals surface area contributed by atoms with Crippen LogP contribution < -0.4 is 9.62 Å². The Labute approximate surface area is 251 Å². The average Bonchev–Trinajstić information content (AvgIpc) is 2.90. The van der Waals surface area contributed by atoms with Crippen LogP contribution in [0.1, 0.15) is 31.9 Å². The minimum Gasteiger partial charge on any atom is -0.354 e. The van der Waals surface area contributed by atoms with E-state index in [1.54, 1.807) is 56.3 Å². The number of sulfonamides is 1. The highest BCUT2D eigenvalue weighted by atomic mass is 35.5. The van der Waals surface area contributed by atoms with E-state index in [4.69, 9.17) is 34.8 Å². The van der Waals surface area contributed by atoms with Crippen molar-refractivity contribution in [1.29, 1.82) is 0 Å². The van der Waals surface area contributed by atoms with Gasteiger partial charge in [0, 0.05) is 33.7 Å². The van der Waals surface area contributed by atoms with Crippen LogP contribution in [0.3, 0.4) is 0 Å². The standard InChI is InChI=1S/C29H32Cl3N3O4S/c1-19(2)16-33-29(37)21(4)34(17-24-25(31)9-7-10-26(24)32)28(36)18-35(27-11-6-5-8-20(27)3)40(38,39)23-14-12-22(30)13-15-23/h5-15,19,21H,16-18H2,1-4H3,(H,33,37)/t21-/m0/s1. The first-order valence-electron chi connectivity index (χ1n) is 12.7. The highest BCUT2D eigenvalue weighted by Gasteiger charge is 2.33. The number of carbonyl (C=O) groups is 2. The highest BCUT2D eigenvalue weighted by Crippen LogP contribution is 2.30. The number of nitrogens with zero attached hydrogens (tertiary/aromatic N) is 2. The molecule has 214 valence electrons. The maximum Gasteiger partial charge on any atom is 0.264 e. The number of hydrogen-bond donors (Lipinski definition) is 1. The zero-order valence-electron chi connectivity index (χ0n) is 22.7. The molecular formula is C29H32Cl3N3O4S. The molecule has 0 radical (unpaired) electrons. The number of para-hydroxylation sites is 1. The predicted octanol–water partition coefficient (Wildman–Crippen LogP) is 6.34. The molecule has 0 saturated carbocycles. The SMILES string of the molecule is Cc1ccccc1N(CC(=O)N(Cc1c(Cl)cccc1Cl)[C@@H](C)C(=O)NCC(C)C)S(=O)(=O)c1ccc(Cl)cc1. The van der Waals surface area contributed by atoms with E-state index in [1.165, 1.54) is 29.2 Å². The van der Waals surface area contributed by atoms with Crippen molar-refractivity contribution in [2.24, 2.45) is 5.92 Å². The van der Waals surface area contributed by atoms with Gasteiger partial charge in [0.25, 0.3) is 10.0 Å². The number of halogens is 3. The topological polar surface area (TPSA) is 86.8 Å². The summed E-state index contributed by atoms with van der Waals surface area (Å²) in [7, 11) is -4.20. The van der Waals surface area contributed by atoms with Crippen LogP contribution in [0.2, 0.25) is 15.1 Å². The van der Waals surface area contributed by atoms with Crippen LogP contribution in [-0.4, -0.2) is 44.3 Å². The number of benzene rings is 3. The van der Waals surface area contributed by atoms with Gasteiger partial charge in [-0.25, -0.2) is 8.42 Å². The van der Waals surface area contributed by atoms with E-state index in [0.29, 0.717) is 38.4 Å². The second kappa shape index (κ2) is 13.7. The van der Waals surface area contributed by atoms with Crippen LogP contribution in [0.5, 0.6) is 0 Å². The number of anilines is 1. The molecule has 0 spiro atoms. The van der Waals surface area contributed by atoms with Crippen molar-refractivity contribution in [2.75, 3.05) is 17.4 Å². The molecule has 3 aromatic carbocycles. The third-order valence-electron chi connectivity index (χ3n) is 6.31. The van der Waals surface area contributed by atoms with Gasteiger partial charge in [-0.15, -0.1) is 0 Å². The lowest BCUT2D eigenvalue weighted by molar-refractivity contribution is -0.139. The second-order valence-corrected chi connectivity index (χ2v) is 12.9. The number of nitrogens with one attached hydrogen (secondary N) is 1. The maximum absolute atomic E-state index is 14.0. The first-order valence-corrected chi connectivity index (χ1v) is 15.2. The summed E-state index contributed by atoms with van der Waals surface area (Å²) in [6.07, 6.45) is 0. The molecule has 0 aliphatic heterocycles. The van der Waals surface area contributed by atoms with Gasteiger partial charge in [0.15, 0.2) is 0 Å². The zero-order chi connectivity index (χ0) is 29.6. The molecule has 40 heavy (non-hydrogen) atoms. The molecule has 1 N–H and O–H groups in total. The zero-order valence-corrected chi connectivity index (χ0v) is 25.8. The van der Waals surface area contributed by atoms with Gasteiger partial charge in [0.2, 0.25) is 11.8 Å². The summed E-state index contributed by atoms with van der Waals surface area (Å²) >= 11 is 18.8. The van der Waals surface area contributed by atoms with Crippen molar-refractivity contribution >= 4 is 62.3 Å². The molecule has 0 aliphatic carbocycles. The first-order chi connectivity index (χ1) is 18.8. The molecule has 3 aromatic rings. The Hall–Kier alpha value is -2.78. The second-order valence-electron chi connectivity index (χ2n) is 9.79. The third kappa shape index (κ3) is 7.69. The Kier molecular flexibility index (Phi) is 10.9. The fraction of sp³-hybridized carbons (Fsp3) is 0.310. The van der Waals surface area contributed by atoms with Crippen molar-refractivity contribution in [2.45, 2.75) is 45.2 Å². The van der Waals surface area contributed by atoms with Gasteiger partial charge in [-0.2, -0.15) is 0 Å². The number of rotatable bonds is 11. The molecule has 11 heteroatoms. The Morgan fingerprint density at radius 3 is 2.05 bits per heavy atom. The van der Waals surface area contributed by atoms with E-state index in [-0.39, 0.29) is 23.3 Å². The monoisotopic (exact) mass is 623 g/mol. The Morgan fingerprint density at radius 1 is 0.875 bits per heavy atom. The van der Waals surface area contributed by atoms with E-state index in [1.807, 2.05) is 13.8 Å². The van der Waals surface area contributed by atoms with Crippen molar-refractivity contribution in [3.8, 4) is 0 Å². The summed E-state index contributed by atoms with van der Waals surface area (Å²) in [5, 5.41) is 3.87. The van der Waals surface area contributed by atoms with E-state index >= 15 is 0 Å². The fourth-order valence-electron chi connectivity index (χ4n) is 3.98. The predicted molar refractivity (Wildman–Crippen MR) is 161 cm³/mol. The molecule has 0 fully saturated rings. The van der Waals surface area contributed by atoms with Gasteiger partial charge >= 0.3 is 0 Å². The van der Waals surface area contributed by atoms with Gasteiger partial charge in [0.05, 0.1) is 10.6 Å². The molecule has 2 amide bonds. The van der Waals surface area contributed by atoms with Crippen LogP contribution in [0.15, 0.2) is 71.6 Å². The summed E-state index contributed by atoms with van der Waals surface area (Å²) in [6.45, 7) is 7.00. The van der Waals surface area contributed by atoms with Crippen LogP contribution in [-0.2, 0) is 26.2 Å². The van der Waals surface area contributed by atoms with Gasteiger partial charge in [0.1, 0.15) is 12.6 Å². The normalized spacial score (nSPS) is 12.2. The summed E-state index contributed by atoms with van der Waals surface area (Å²) in [6, 6.07) is 16.6. The number of hydrogen-bond acceptors (Lipinski definition) is 4. The van der Waals surface area contributed by atoms with E-state index in [9.17, 15) is 18.0 Å². The fourth-order valence-corrected chi connectivity index (χ4v) is 6.10. The minimum absolute atomic E-state index is 0.0311. The van der Waals surface area contributed by atoms with E-state index < -0.39 is 28.5 Å². The molecule has 0 aromatic heterocycles. The molecule has 0 heterocycles. The van der Waals surface area contributed by atoms with Crippen molar-refractivity contribution in [3.63, 3.8) is 0 Å². The van der Waals surface area contributed by atoms with Crippen molar-refractivity contribution in [3.05, 3.63) is 92.9 Å². The summed E-state index contributed by atoms with van der Waals surface area (Å²) in [5.74, 6) is -0.795. The van der Waals surface area contributed by atoms with Crippen molar-refractivity contribution in [1.82, 2.24) is 10.2 Å². The third-order valence-corrected chi connectivity index (χ3v) is 9.04. The van der Waals surface area contributed by atoms with Crippen molar-refractivity contribution < 1.29 is 18.0 Å². The number of aryl methyl sites for hydroxylation is 1. The largest absolute Gasteiger partial charge is 0.354 e. The lowest BCUT2D eigenvalue weighted by Gasteiger charge is -2.33. The quantitative estimate of drug-likeness (QED) is 0.270. The van der Waals surface area contributed by atoms with Crippen LogP contribution in [0, 0.1) is 12.8 Å². The smallest absolute Gasteiger partial charge is 0.264 e. The van der Waals surface area contributed by atoms with Gasteiger partial charge in [-0.1, -0.05) is 72.9 Å². The van der Waals surface area contributed by atoms with E-state index in [2.05, 4.69) is 5.32 Å². The van der Waals surface area contributed by atoms with E-state index in [0.717, 1.165) is 4.31 Å². The summed E-state index contributed by atoms with van der Waals surface area (Å²) < 4.78 is 28.8.